The second kappa shape index (κ2) is 9.95. The molecule has 188 valence electrons. The van der Waals surface area contributed by atoms with Gasteiger partial charge in [0.2, 0.25) is 20.2 Å². The first-order chi connectivity index (χ1) is 16.2. The van der Waals surface area contributed by atoms with Crippen molar-refractivity contribution < 1.29 is 28.3 Å². The molecule has 9 heteroatoms. The van der Waals surface area contributed by atoms with Crippen molar-refractivity contribution in [2.75, 3.05) is 31.7 Å². The predicted octanol–water partition coefficient (Wildman–Crippen LogP) is 3.82. The lowest BCUT2D eigenvalue weighted by molar-refractivity contribution is -0.133. The van der Waals surface area contributed by atoms with Gasteiger partial charge in [0.05, 0.1) is 18.8 Å². The summed E-state index contributed by atoms with van der Waals surface area (Å²) >= 11 is 0. The molecule has 34 heavy (non-hydrogen) atoms. The fraction of sp³-hybridized carbons (Fsp3) is 0.680. The summed E-state index contributed by atoms with van der Waals surface area (Å²) in [5.41, 5.74) is 1.13. The van der Waals surface area contributed by atoms with E-state index in [9.17, 15) is 14.7 Å². The van der Waals surface area contributed by atoms with E-state index in [-0.39, 0.29) is 42.9 Å². The molecule has 0 aliphatic carbocycles. The molecule has 0 aromatic heterocycles. The van der Waals surface area contributed by atoms with Gasteiger partial charge in [-0.15, -0.1) is 0 Å². The molecular formula is C25H37FN2O5Si. The number of aliphatic hydroxyl groups is 1. The van der Waals surface area contributed by atoms with E-state index in [0.717, 1.165) is 30.5 Å². The fourth-order valence-electron chi connectivity index (χ4n) is 5.86. The molecule has 0 bridgehead atoms. The van der Waals surface area contributed by atoms with Gasteiger partial charge in [-0.2, -0.15) is 0 Å². The minimum absolute atomic E-state index is 0.0629. The Labute approximate surface area is 202 Å². The van der Waals surface area contributed by atoms with E-state index < -0.39 is 20.1 Å². The molecule has 0 saturated carbocycles. The van der Waals surface area contributed by atoms with Gasteiger partial charge in [0.15, 0.2) is 0 Å². The number of carbonyl (C=O) groups is 2. The average molecular weight is 493 g/mol. The lowest BCUT2D eigenvalue weighted by atomic mass is 9.86. The van der Waals surface area contributed by atoms with Crippen molar-refractivity contribution in [1.82, 2.24) is 4.90 Å². The maximum absolute atomic E-state index is 15.7. The Hall–Kier alpha value is -1.97. The molecule has 4 rings (SSSR count). The van der Waals surface area contributed by atoms with Crippen LogP contribution in [0.4, 0.5) is 9.80 Å². The average Bonchev–Trinajstić information content (AvgIpc) is 3.45. The van der Waals surface area contributed by atoms with Crippen LogP contribution in [-0.2, 0) is 14.3 Å². The number of rotatable bonds is 7. The number of benzene rings is 1. The molecule has 2 amide bonds. The standard InChI is InChI=1S/C25H37FN2O5Si/c1-16-24(32-2)19-13-17(27-12-6-8-22(27)30)9-10-20(19)33-25(16)21(34(3,4)26)14-23(31)28-11-5-7-18(28)15-29/h9-10,13,16,18,21,24-25,29H,5-8,11-12,14-15H2,1-4H3/t16-,18+,21?,24-,25-/m1/s1. The van der Waals surface area contributed by atoms with Crippen molar-refractivity contribution in [3.63, 3.8) is 0 Å². The summed E-state index contributed by atoms with van der Waals surface area (Å²) in [5, 5.41) is 9.64. The molecule has 0 spiro atoms. The van der Waals surface area contributed by atoms with Gasteiger partial charge in [-0.1, -0.05) is 6.92 Å². The summed E-state index contributed by atoms with van der Waals surface area (Å²) in [6.07, 6.45) is 2.25. The van der Waals surface area contributed by atoms with Crippen LogP contribution in [0, 0.1) is 5.92 Å². The van der Waals surface area contributed by atoms with Crippen molar-refractivity contribution in [3.8, 4) is 5.75 Å². The maximum atomic E-state index is 15.7. The van der Waals surface area contributed by atoms with Crippen LogP contribution in [0.25, 0.3) is 0 Å². The number of aliphatic hydroxyl groups excluding tert-OH is 1. The number of nitrogens with zero attached hydrogens (tertiary/aromatic N) is 2. The second-order valence-electron chi connectivity index (χ2n) is 10.4. The van der Waals surface area contributed by atoms with Crippen LogP contribution >= 0.6 is 0 Å². The van der Waals surface area contributed by atoms with Crippen LogP contribution in [0.2, 0.25) is 18.6 Å². The number of halogens is 1. The van der Waals surface area contributed by atoms with Crippen molar-refractivity contribution in [1.29, 1.82) is 0 Å². The largest absolute Gasteiger partial charge is 0.490 e. The normalized spacial score (nSPS) is 28.1. The highest BCUT2D eigenvalue weighted by molar-refractivity contribution is 6.72. The van der Waals surface area contributed by atoms with E-state index in [4.69, 9.17) is 9.47 Å². The van der Waals surface area contributed by atoms with Gasteiger partial charge in [0, 0.05) is 55.8 Å². The fourth-order valence-corrected chi connectivity index (χ4v) is 7.68. The number of hydrogen-bond donors (Lipinski definition) is 1. The van der Waals surface area contributed by atoms with E-state index in [1.54, 1.807) is 30.0 Å². The minimum Gasteiger partial charge on any atom is -0.490 e. The number of methoxy groups -OCH3 is 1. The third kappa shape index (κ3) is 4.74. The van der Waals surface area contributed by atoms with Gasteiger partial charge in [0.1, 0.15) is 11.9 Å². The molecule has 1 N–H and O–H groups in total. The van der Waals surface area contributed by atoms with E-state index in [2.05, 4.69) is 0 Å². The minimum atomic E-state index is -3.31. The zero-order chi connectivity index (χ0) is 24.6. The quantitative estimate of drug-likeness (QED) is 0.463. The number of carbonyl (C=O) groups excluding carboxylic acids is 2. The molecule has 5 atom stereocenters. The molecule has 1 aromatic carbocycles. The molecule has 3 heterocycles. The van der Waals surface area contributed by atoms with Crippen LogP contribution in [0.1, 0.15) is 50.7 Å². The van der Waals surface area contributed by atoms with Gasteiger partial charge >= 0.3 is 0 Å². The summed E-state index contributed by atoms with van der Waals surface area (Å²) in [6.45, 7) is 6.49. The van der Waals surface area contributed by atoms with Gasteiger partial charge in [-0.05, 0) is 50.6 Å². The summed E-state index contributed by atoms with van der Waals surface area (Å²) < 4.78 is 28.0. The molecule has 7 nitrogen and oxygen atoms in total. The third-order valence-corrected chi connectivity index (χ3v) is 10.1. The van der Waals surface area contributed by atoms with E-state index in [1.165, 1.54) is 0 Å². The Bertz CT molecular complexity index is 923. The summed E-state index contributed by atoms with van der Waals surface area (Å²) in [6, 6.07) is 5.49. The van der Waals surface area contributed by atoms with E-state index >= 15 is 4.11 Å². The van der Waals surface area contributed by atoms with E-state index in [0.29, 0.717) is 25.3 Å². The highest BCUT2D eigenvalue weighted by Gasteiger charge is 2.49. The monoisotopic (exact) mass is 492 g/mol. The van der Waals surface area contributed by atoms with Crippen LogP contribution in [0.3, 0.4) is 0 Å². The van der Waals surface area contributed by atoms with Crippen LogP contribution in [0.5, 0.6) is 5.75 Å². The zero-order valence-electron chi connectivity index (χ0n) is 20.6. The van der Waals surface area contributed by atoms with Crippen LogP contribution < -0.4 is 9.64 Å². The topological polar surface area (TPSA) is 79.3 Å². The Morgan fingerprint density at radius 3 is 2.71 bits per heavy atom. The smallest absolute Gasteiger partial charge is 0.248 e. The second-order valence-corrected chi connectivity index (χ2v) is 14.3. The molecular weight excluding hydrogens is 455 g/mol. The van der Waals surface area contributed by atoms with Crippen molar-refractivity contribution in [2.45, 2.75) is 75.9 Å². The Morgan fingerprint density at radius 2 is 2.09 bits per heavy atom. The number of amides is 2. The lowest BCUT2D eigenvalue weighted by Gasteiger charge is -2.43. The number of fused-ring (bicyclic) bond motifs is 1. The number of anilines is 1. The summed E-state index contributed by atoms with van der Waals surface area (Å²) in [5.74, 6) is 0.437. The molecule has 3 aliphatic heterocycles. The van der Waals surface area contributed by atoms with Crippen molar-refractivity contribution in [3.05, 3.63) is 23.8 Å². The highest BCUT2D eigenvalue weighted by Crippen LogP contribution is 2.48. The summed E-state index contributed by atoms with van der Waals surface area (Å²) in [4.78, 5) is 28.9. The number of ether oxygens (including phenoxy) is 2. The van der Waals surface area contributed by atoms with E-state index in [1.807, 2.05) is 25.1 Å². The molecule has 2 fully saturated rings. The third-order valence-electron chi connectivity index (χ3n) is 7.78. The lowest BCUT2D eigenvalue weighted by Crippen LogP contribution is -2.48. The number of likely N-dealkylation sites (tertiary alicyclic amines) is 1. The van der Waals surface area contributed by atoms with Crippen molar-refractivity contribution >= 4 is 25.9 Å². The van der Waals surface area contributed by atoms with Gasteiger partial charge in [-0.25, -0.2) is 0 Å². The first kappa shape index (κ1) is 25.1. The zero-order valence-corrected chi connectivity index (χ0v) is 21.6. The maximum Gasteiger partial charge on any atom is 0.248 e. The molecule has 2 saturated heterocycles. The Morgan fingerprint density at radius 1 is 1.32 bits per heavy atom. The SMILES string of the molecule is CO[C@H]1c2cc(N3CCCC3=O)ccc2O[C@@H](C(CC(=O)N2CCC[C@H]2CO)[Si](C)(C)F)[C@@H]1C. The first-order valence-corrected chi connectivity index (χ1v) is 15.3. The van der Waals surface area contributed by atoms with Gasteiger partial charge in [-0.3, -0.25) is 9.59 Å². The van der Waals surface area contributed by atoms with Crippen LogP contribution in [0.15, 0.2) is 18.2 Å². The highest BCUT2D eigenvalue weighted by atomic mass is 28.4. The molecule has 0 radical (unpaired) electrons. The molecule has 1 unspecified atom stereocenters. The molecule has 3 aliphatic rings. The van der Waals surface area contributed by atoms with Crippen molar-refractivity contribution in [2.24, 2.45) is 5.92 Å². The Kier molecular flexibility index (Phi) is 7.35. The van der Waals surface area contributed by atoms with Crippen LogP contribution in [-0.4, -0.2) is 69.2 Å². The van der Waals surface area contributed by atoms with Gasteiger partial charge in [0.25, 0.3) is 0 Å². The summed E-state index contributed by atoms with van der Waals surface area (Å²) in [7, 11) is -1.68. The van der Waals surface area contributed by atoms with Gasteiger partial charge < -0.3 is 28.5 Å². The Balaban J connectivity index is 1.61. The first-order valence-electron chi connectivity index (χ1n) is 12.4. The number of hydrogen-bond acceptors (Lipinski definition) is 5. The molecule has 1 aromatic rings. The predicted molar refractivity (Wildman–Crippen MR) is 130 cm³/mol.